The van der Waals surface area contributed by atoms with E-state index in [2.05, 4.69) is 47.6 Å². The molecule has 0 bridgehead atoms. The smallest absolute Gasteiger partial charge is 0.258 e. The van der Waals surface area contributed by atoms with Crippen LogP contribution in [-0.2, 0) is 9.59 Å². The molecule has 0 spiro atoms. The normalized spacial score (nSPS) is 16.9. The molecule has 120 valence electrons. The molecule has 0 fully saturated rings. The van der Waals surface area contributed by atoms with E-state index in [-0.39, 0.29) is 33.4 Å². The molecule has 1 atom stereocenters. The maximum Gasteiger partial charge on any atom is 0.258 e. The van der Waals surface area contributed by atoms with Crippen LogP contribution in [-0.4, -0.2) is 17.6 Å². The van der Waals surface area contributed by atoms with Crippen LogP contribution >= 0.6 is 72.0 Å². The molecule has 1 aliphatic rings. The second-order valence-corrected chi connectivity index (χ2v) is 5.51. The number of carbonyl (C=O) groups is 2. The molecule has 0 saturated heterocycles. The monoisotopic (exact) mass is 587 g/mol. The summed E-state index contributed by atoms with van der Waals surface area (Å²) in [5.74, 6) is -0.968. The number of amidine groups is 1. The zero-order valence-electron chi connectivity index (χ0n) is 11.3. The molecular formula is C12H10Cl3I2N3O2. The Labute approximate surface area is 166 Å². The largest absolute Gasteiger partial charge is 0.312 e. The number of rotatable bonds is 1. The first-order valence-electron chi connectivity index (χ1n) is 5.80. The van der Waals surface area contributed by atoms with Crippen molar-refractivity contribution >= 4 is 95.4 Å². The summed E-state index contributed by atoms with van der Waals surface area (Å²) in [6, 6.07) is 2.93. The summed E-state index contributed by atoms with van der Waals surface area (Å²) >= 11 is 22.2. The van der Waals surface area contributed by atoms with Crippen LogP contribution in [0.4, 0.5) is 5.69 Å². The van der Waals surface area contributed by atoms with Crippen molar-refractivity contribution in [1.29, 1.82) is 0 Å². The maximum absolute atomic E-state index is 12.2. The zero-order chi connectivity index (χ0) is 17.0. The number of amides is 2. The Kier molecular flexibility index (Phi) is 8.13. The van der Waals surface area contributed by atoms with Crippen molar-refractivity contribution < 1.29 is 9.59 Å². The lowest BCUT2D eigenvalue weighted by Gasteiger charge is -2.16. The fraction of sp³-hybridized carbons (Fsp3) is 0.250. The molecule has 1 N–H and O–H groups in total. The second kappa shape index (κ2) is 8.86. The number of anilines is 1. The van der Waals surface area contributed by atoms with E-state index in [4.69, 9.17) is 34.8 Å². The lowest BCUT2D eigenvalue weighted by atomic mass is 10.1. The molecule has 5 nitrogen and oxygen atoms in total. The van der Waals surface area contributed by atoms with Crippen LogP contribution in [0.25, 0.3) is 0 Å². The van der Waals surface area contributed by atoms with Crippen molar-refractivity contribution in [2.75, 3.05) is 5.01 Å². The summed E-state index contributed by atoms with van der Waals surface area (Å²) in [5, 5.41) is 8.42. The first-order valence-corrected chi connectivity index (χ1v) is 13.2. The molecule has 10 heteroatoms. The van der Waals surface area contributed by atoms with Crippen molar-refractivity contribution in [1.82, 2.24) is 5.32 Å². The fourth-order valence-electron chi connectivity index (χ4n) is 1.75. The molecule has 2 amide bonds. The van der Waals surface area contributed by atoms with Crippen LogP contribution in [0.15, 0.2) is 17.2 Å². The molecule has 1 heterocycles. The number of hydrazone groups is 1. The molecule has 0 aliphatic carbocycles. The minimum atomic E-state index is -0.582. The van der Waals surface area contributed by atoms with Gasteiger partial charge in [-0.15, -0.1) is 0 Å². The Morgan fingerprint density at radius 1 is 1.27 bits per heavy atom. The van der Waals surface area contributed by atoms with E-state index >= 15 is 0 Å². The van der Waals surface area contributed by atoms with Gasteiger partial charge in [0.05, 0.1) is 16.0 Å². The van der Waals surface area contributed by atoms with Crippen molar-refractivity contribution in [3.63, 3.8) is 0 Å². The number of benzene rings is 1. The minimum absolute atomic E-state index is 0.205. The van der Waals surface area contributed by atoms with Crippen molar-refractivity contribution in [2.24, 2.45) is 11.0 Å². The van der Waals surface area contributed by atoms with E-state index in [0.29, 0.717) is 5.02 Å². The predicted molar refractivity (Wildman–Crippen MR) is 107 cm³/mol. The lowest BCUT2D eigenvalue weighted by Crippen LogP contribution is -2.33. The quantitative estimate of drug-likeness (QED) is 0.477. The summed E-state index contributed by atoms with van der Waals surface area (Å²) in [7, 11) is 0. The molecule has 0 saturated carbocycles. The number of hydrogen-bond acceptors (Lipinski definition) is 3. The standard InChI is InChI=1S/C12H10Cl3N3O2.I2/c1-5-11(16-6(2)19)17-18(12(5)20)10-8(14)3-7(13)4-9(10)15;1-2/h3-5H,1-2H3,(H,16,17,19);. The van der Waals surface area contributed by atoms with Crippen molar-refractivity contribution in [3.05, 3.63) is 27.2 Å². The van der Waals surface area contributed by atoms with E-state index in [0.717, 1.165) is 5.01 Å². The van der Waals surface area contributed by atoms with Gasteiger partial charge in [-0.05, 0) is 19.1 Å². The van der Waals surface area contributed by atoms with Crippen LogP contribution in [0.3, 0.4) is 0 Å². The zero-order valence-corrected chi connectivity index (χ0v) is 17.9. The van der Waals surface area contributed by atoms with Crippen LogP contribution in [0.2, 0.25) is 15.1 Å². The molecule has 1 aromatic carbocycles. The van der Waals surface area contributed by atoms with Crippen LogP contribution in [0, 0.1) is 5.92 Å². The minimum Gasteiger partial charge on any atom is -0.312 e. The second-order valence-electron chi connectivity index (χ2n) is 4.26. The number of nitrogens with one attached hydrogen (secondary N) is 1. The van der Waals surface area contributed by atoms with Gasteiger partial charge in [-0.25, -0.2) is 0 Å². The van der Waals surface area contributed by atoms with Gasteiger partial charge >= 0.3 is 0 Å². The number of halogens is 5. The Morgan fingerprint density at radius 3 is 2.23 bits per heavy atom. The van der Waals surface area contributed by atoms with Crippen LogP contribution in [0.1, 0.15) is 13.8 Å². The third-order valence-electron chi connectivity index (χ3n) is 2.69. The number of carbonyl (C=O) groups excluding carboxylic acids is 2. The summed E-state index contributed by atoms with van der Waals surface area (Å²) in [4.78, 5) is 23.3. The maximum atomic E-state index is 12.2. The highest BCUT2D eigenvalue weighted by molar-refractivity contribution is 15.0. The summed E-state index contributed by atoms with van der Waals surface area (Å²) in [6.07, 6.45) is 0. The Bertz CT molecular complexity index is 617. The van der Waals surface area contributed by atoms with Crippen molar-refractivity contribution in [3.8, 4) is 0 Å². The summed E-state index contributed by atoms with van der Waals surface area (Å²) < 4.78 is 0. The van der Waals surface area contributed by atoms with Gasteiger partial charge in [0.2, 0.25) is 5.91 Å². The molecule has 0 aromatic heterocycles. The number of nitrogens with zero attached hydrogens (tertiary/aromatic N) is 2. The molecule has 1 aromatic rings. The third-order valence-corrected chi connectivity index (χ3v) is 3.49. The van der Waals surface area contributed by atoms with Crippen LogP contribution < -0.4 is 10.3 Å². The van der Waals surface area contributed by atoms with Gasteiger partial charge in [-0.2, -0.15) is 10.1 Å². The molecule has 22 heavy (non-hydrogen) atoms. The van der Waals surface area contributed by atoms with E-state index in [1.54, 1.807) is 6.92 Å². The summed E-state index contributed by atoms with van der Waals surface area (Å²) in [5.41, 5.74) is 0.245. The molecule has 1 aliphatic heterocycles. The van der Waals surface area contributed by atoms with Gasteiger partial charge in [-0.1, -0.05) is 34.8 Å². The molecule has 2 rings (SSSR count). The van der Waals surface area contributed by atoms with Gasteiger partial charge in [0.25, 0.3) is 5.91 Å². The predicted octanol–water partition coefficient (Wildman–Crippen LogP) is 4.85. The van der Waals surface area contributed by atoms with Gasteiger partial charge in [0.15, 0.2) is 0 Å². The van der Waals surface area contributed by atoms with E-state index in [1.807, 2.05) is 0 Å². The Hall–Kier alpha value is 0.160. The topological polar surface area (TPSA) is 61.8 Å². The SMILES string of the molecule is CC(=O)NC1=NN(c2c(Cl)cc(Cl)cc2Cl)C(=O)C1C.II. The van der Waals surface area contributed by atoms with E-state index < -0.39 is 5.92 Å². The highest BCUT2D eigenvalue weighted by Gasteiger charge is 2.35. The number of hydrogen-bond donors (Lipinski definition) is 1. The van der Waals surface area contributed by atoms with Gasteiger partial charge in [-0.3, -0.25) is 9.59 Å². The first kappa shape index (κ1) is 20.2. The lowest BCUT2D eigenvalue weighted by molar-refractivity contribution is -0.119. The highest BCUT2D eigenvalue weighted by atomic mass is 128. The average Bonchev–Trinajstić information content (AvgIpc) is 2.68. The van der Waals surface area contributed by atoms with Crippen LogP contribution in [0.5, 0.6) is 0 Å². The average molecular weight is 588 g/mol. The molecule has 1 unspecified atom stereocenters. The summed E-state index contributed by atoms with van der Waals surface area (Å²) in [6.45, 7) is 2.97. The highest BCUT2D eigenvalue weighted by Crippen LogP contribution is 2.38. The van der Waals surface area contributed by atoms with Crippen molar-refractivity contribution in [2.45, 2.75) is 13.8 Å². The Balaban J connectivity index is 0.00000116. The van der Waals surface area contributed by atoms with Gasteiger partial charge in [0, 0.05) is 49.2 Å². The first-order chi connectivity index (χ1) is 10.3. The van der Waals surface area contributed by atoms with E-state index in [9.17, 15) is 9.59 Å². The van der Waals surface area contributed by atoms with E-state index in [1.165, 1.54) is 19.1 Å². The fourth-order valence-corrected chi connectivity index (χ4v) is 2.73. The van der Waals surface area contributed by atoms with Gasteiger partial charge in [0.1, 0.15) is 11.5 Å². The Morgan fingerprint density at radius 2 is 1.77 bits per heavy atom. The molecular weight excluding hydrogens is 578 g/mol. The molecule has 0 radical (unpaired) electrons. The third kappa shape index (κ3) is 4.59. The van der Waals surface area contributed by atoms with Gasteiger partial charge < -0.3 is 5.32 Å².